The zero-order valence-electron chi connectivity index (χ0n) is 9.31. The van der Waals surface area contributed by atoms with E-state index in [1.54, 1.807) is 18.3 Å². The van der Waals surface area contributed by atoms with Crippen LogP contribution in [0.1, 0.15) is 38.5 Å². The van der Waals surface area contributed by atoms with Crippen LogP contribution in [-0.2, 0) is 0 Å². The fourth-order valence-electron chi connectivity index (χ4n) is 1.98. The standard InChI is InChI=1S/C11H18N2OS/c1-8-4-3-5-13(6-8)11-12-10(7-15-11)9(2)14/h7-9,14H,3-6H2,1-2H3. The minimum absolute atomic E-state index is 0.447. The predicted molar refractivity (Wildman–Crippen MR) is 63.4 cm³/mol. The smallest absolute Gasteiger partial charge is 0.185 e. The Morgan fingerprint density at radius 1 is 1.67 bits per heavy atom. The van der Waals surface area contributed by atoms with Gasteiger partial charge in [0.15, 0.2) is 5.13 Å². The van der Waals surface area contributed by atoms with Gasteiger partial charge in [-0.3, -0.25) is 0 Å². The molecule has 0 bridgehead atoms. The molecular weight excluding hydrogens is 208 g/mol. The van der Waals surface area contributed by atoms with Crippen LogP contribution in [0.15, 0.2) is 5.38 Å². The number of piperidine rings is 1. The summed E-state index contributed by atoms with van der Waals surface area (Å²) in [6.45, 7) is 6.26. The highest BCUT2D eigenvalue weighted by Crippen LogP contribution is 2.27. The van der Waals surface area contributed by atoms with Crippen molar-refractivity contribution in [3.8, 4) is 0 Å². The number of nitrogens with zero attached hydrogens (tertiary/aromatic N) is 2. The number of hydrogen-bond acceptors (Lipinski definition) is 4. The molecule has 2 rings (SSSR count). The molecule has 0 radical (unpaired) electrons. The summed E-state index contributed by atoms with van der Waals surface area (Å²) in [7, 11) is 0. The van der Waals surface area contributed by atoms with Crippen molar-refractivity contribution in [1.29, 1.82) is 0 Å². The van der Waals surface area contributed by atoms with Crippen LogP contribution in [0.2, 0.25) is 0 Å². The van der Waals surface area contributed by atoms with Crippen LogP contribution in [0.5, 0.6) is 0 Å². The van der Waals surface area contributed by atoms with Crippen molar-refractivity contribution >= 4 is 16.5 Å². The van der Waals surface area contributed by atoms with Gasteiger partial charge in [-0.1, -0.05) is 6.92 Å². The van der Waals surface area contributed by atoms with Gasteiger partial charge < -0.3 is 10.0 Å². The lowest BCUT2D eigenvalue weighted by atomic mass is 10.0. The van der Waals surface area contributed by atoms with E-state index in [9.17, 15) is 5.11 Å². The number of aliphatic hydroxyl groups excluding tert-OH is 1. The molecule has 1 N–H and O–H groups in total. The van der Waals surface area contributed by atoms with Crippen LogP contribution in [0.3, 0.4) is 0 Å². The van der Waals surface area contributed by atoms with Crippen molar-refractivity contribution in [2.24, 2.45) is 5.92 Å². The van der Waals surface area contributed by atoms with Gasteiger partial charge in [-0.05, 0) is 25.7 Å². The molecule has 0 saturated carbocycles. The summed E-state index contributed by atoms with van der Waals surface area (Å²) in [5.74, 6) is 0.762. The zero-order chi connectivity index (χ0) is 10.8. The molecule has 1 aromatic heterocycles. The summed E-state index contributed by atoms with van der Waals surface area (Å²) < 4.78 is 0. The molecule has 4 heteroatoms. The molecule has 15 heavy (non-hydrogen) atoms. The van der Waals surface area contributed by atoms with Gasteiger partial charge >= 0.3 is 0 Å². The molecule has 84 valence electrons. The molecule has 0 aromatic carbocycles. The molecular formula is C11H18N2OS. The van der Waals surface area contributed by atoms with Crippen LogP contribution >= 0.6 is 11.3 Å². The zero-order valence-corrected chi connectivity index (χ0v) is 10.1. The van der Waals surface area contributed by atoms with Crippen LogP contribution in [0.25, 0.3) is 0 Å². The van der Waals surface area contributed by atoms with Crippen molar-refractivity contribution in [2.75, 3.05) is 18.0 Å². The van der Waals surface area contributed by atoms with Gasteiger partial charge in [0, 0.05) is 18.5 Å². The Morgan fingerprint density at radius 2 is 2.47 bits per heavy atom. The number of thiazole rings is 1. The maximum Gasteiger partial charge on any atom is 0.185 e. The van der Waals surface area contributed by atoms with Crippen molar-refractivity contribution in [3.63, 3.8) is 0 Å². The van der Waals surface area contributed by atoms with Crippen molar-refractivity contribution in [1.82, 2.24) is 4.98 Å². The Hall–Kier alpha value is -0.610. The Morgan fingerprint density at radius 3 is 3.07 bits per heavy atom. The van der Waals surface area contributed by atoms with E-state index in [2.05, 4.69) is 16.8 Å². The first kappa shape index (κ1) is 10.9. The van der Waals surface area contributed by atoms with E-state index >= 15 is 0 Å². The molecule has 2 atom stereocenters. The summed E-state index contributed by atoms with van der Waals surface area (Å²) in [5.41, 5.74) is 0.799. The van der Waals surface area contributed by atoms with Gasteiger partial charge in [0.2, 0.25) is 0 Å². The lowest BCUT2D eigenvalue weighted by Gasteiger charge is -2.30. The summed E-state index contributed by atoms with van der Waals surface area (Å²) in [6.07, 6.45) is 2.13. The second-order valence-electron chi connectivity index (χ2n) is 4.42. The topological polar surface area (TPSA) is 36.4 Å². The van der Waals surface area contributed by atoms with Crippen molar-refractivity contribution in [2.45, 2.75) is 32.8 Å². The summed E-state index contributed by atoms with van der Waals surface area (Å²) in [5, 5.41) is 12.4. The molecule has 0 aliphatic carbocycles. The quantitative estimate of drug-likeness (QED) is 0.841. The highest BCUT2D eigenvalue weighted by atomic mass is 32.1. The summed E-state index contributed by atoms with van der Waals surface area (Å²) in [4.78, 5) is 6.80. The lowest BCUT2D eigenvalue weighted by Crippen LogP contribution is -2.34. The predicted octanol–water partition coefficient (Wildman–Crippen LogP) is 2.43. The van der Waals surface area contributed by atoms with Crippen molar-refractivity contribution in [3.05, 3.63) is 11.1 Å². The summed E-state index contributed by atoms with van der Waals surface area (Å²) in [6, 6.07) is 0. The Kier molecular flexibility index (Phi) is 3.26. The third-order valence-corrected chi connectivity index (χ3v) is 3.79. The first-order chi connectivity index (χ1) is 7.16. The third-order valence-electron chi connectivity index (χ3n) is 2.87. The van der Waals surface area contributed by atoms with Gasteiger partial charge in [0.1, 0.15) is 0 Å². The van der Waals surface area contributed by atoms with Crippen molar-refractivity contribution < 1.29 is 5.11 Å². The Labute approximate surface area is 94.8 Å². The van der Waals surface area contributed by atoms with Gasteiger partial charge in [-0.25, -0.2) is 4.98 Å². The number of aliphatic hydroxyl groups is 1. The minimum atomic E-state index is -0.447. The SMILES string of the molecule is CC1CCCN(c2nc(C(C)O)cs2)C1. The van der Waals surface area contributed by atoms with E-state index < -0.39 is 6.10 Å². The highest BCUT2D eigenvalue weighted by Gasteiger charge is 2.19. The normalized spacial score (nSPS) is 24.2. The Balaban J connectivity index is 2.08. The van der Waals surface area contributed by atoms with Crippen LogP contribution in [0, 0.1) is 5.92 Å². The summed E-state index contributed by atoms with van der Waals surface area (Å²) >= 11 is 1.64. The fraction of sp³-hybridized carbons (Fsp3) is 0.727. The second-order valence-corrected chi connectivity index (χ2v) is 5.26. The lowest BCUT2D eigenvalue weighted by molar-refractivity contribution is 0.195. The molecule has 3 nitrogen and oxygen atoms in total. The maximum atomic E-state index is 9.41. The average molecular weight is 226 g/mol. The van der Waals surface area contributed by atoms with Gasteiger partial charge in [-0.2, -0.15) is 0 Å². The molecule has 2 heterocycles. The van der Waals surface area contributed by atoms with E-state index in [1.807, 2.05) is 5.38 Å². The second kappa shape index (κ2) is 4.49. The molecule has 0 spiro atoms. The van der Waals surface area contributed by atoms with E-state index in [0.717, 1.165) is 29.8 Å². The third kappa shape index (κ3) is 2.49. The minimum Gasteiger partial charge on any atom is -0.387 e. The average Bonchev–Trinajstić information content (AvgIpc) is 2.66. The van der Waals surface area contributed by atoms with E-state index in [0.29, 0.717) is 0 Å². The molecule has 1 aliphatic heterocycles. The molecule has 1 saturated heterocycles. The molecule has 1 fully saturated rings. The molecule has 1 aliphatic rings. The molecule has 2 unspecified atom stereocenters. The largest absolute Gasteiger partial charge is 0.387 e. The van der Waals surface area contributed by atoms with E-state index in [1.165, 1.54) is 12.8 Å². The van der Waals surface area contributed by atoms with Gasteiger partial charge in [-0.15, -0.1) is 11.3 Å². The van der Waals surface area contributed by atoms with Crippen LogP contribution in [-0.4, -0.2) is 23.2 Å². The first-order valence-electron chi connectivity index (χ1n) is 5.55. The monoisotopic (exact) mass is 226 g/mol. The highest BCUT2D eigenvalue weighted by molar-refractivity contribution is 7.13. The van der Waals surface area contributed by atoms with E-state index in [-0.39, 0.29) is 0 Å². The van der Waals surface area contributed by atoms with Gasteiger partial charge in [0.25, 0.3) is 0 Å². The molecule has 0 amide bonds. The number of aromatic nitrogens is 1. The van der Waals surface area contributed by atoms with Crippen LogP contribution < -0.4 is 4.90 Å². The fourth-order valence-corrected chi connectivity index (χ4v) is 2.93. The molecule has 1 aromatic rings. The van der Waals surface area contributed by atoms with E-state index in [4.69, 9.17) is 0 Å². The van der Waals surface area contributed by atoms with Crippen LogP contribution in [0.4, 0.5) is 5.13 Å². The van der Waals surface area contributed by atoms with Gasteiger partial charge in [0.05, 0.1) is 11.8 Å². The Bertz CT molecular complexity index is 324. The number of rotatable bonds is 2. The maximum absolute atomic E-state index is 9.41. The number of anilines is 1. The number of hydrogen-bond donors (Lipinski definition) is 1. The first-order valence-corrected chi connectivity index (χ1v) is 6.43.